The highest BCUT2D eigenvalue weighted by Gasteiger charge is 2.37. The van der Waals surface area contributed by atoms with Crippen LogP contribution in [-0.2, 0) is 35.2 Å². The highest BCUT2D eigenvalue weighted by molar-refractivity contribution is 5.88. The number of hydrogen-bond acceptors (Lipinski definition) is 7. The van der Waals surface area contributed by atoms with Gasteiger partial charge in [0.05, 0.1) is 25.2 Å². The first-order valence-corrected chi connectivity index (χ1v) is 8.04. The van der Waals surface area contributed by atoms with Crippen molar-refractivity contribution in [1.29, 1.82) is 0 Å². The fourth-order valence-electron chi connectivity index (χ4n) is 2.71. The van der Waals surface area contributed by atoms with Gasteiger partial charge in [-0.15, -0.1) is 0 Å². The van der Waals surface area contributed by atoms with Crippen LogP contribution in [0.5, 0.6) is 0 Å². The Balaban J connectivity index is 1.87. The van der Waals surface area contributed by atoms with Crippen LogP contribution in [0.15, 0.2) is 22.8 Å². The molecule has 0 unspecified atom stereocenters. The standard InChI is InChI=1S/C18H20O7/c1-22-16(19)9-5-11-24-17(20)14-7-2-3-8-15(14)18(21)25-12-13-6-4-10-23-13/h4,6,10,14-15H,2-3,7-8,11-12H2,1H3/t14-,15+/m1/s1. The van der Waals surface area contributed by atoms with Crippen molar-refractivity contribution in [3.05, 3.63) is 24.2 Å². The van der Waals surface area contributed by atoms with Gasteiger partial charge < -0.3 is 18.6 Å². The van der Waals surface area contributed by atoms with Crippen LogP contribution in [0.1, 0.15) is 31.4 Å². The van der Waals surface area contributed by atoms with Crippen molar-refractivity contribution in [3.63, 3.8) is 0 Å². The van der Waals surface area contributed by atoms with Crippen molar-refractivity contribution >= 4 is 17.9 Å². The number of esters is 3. The van der Waals surface area contributed by atoms with Crippen molar-refractivity contribution in [2.75, 3.05) is 13.7 Å². The van der Waals surface area contributed by atoms with E-state index in [1.165, 1.54) is 13.4 Å². The van der Waals surface area contributed by atoms with Crippen molar-refractivity contribution in [3.8, 4) is 11.8 Å². The molecule has 1 aromatic rings. The van der Waals surface area contributed by atoms with Crippen LogP contribution in [0.2, 0.25) is 0 Å². The second-order valence-corrected chi connectivity index (χ2v) is 5.59. The highest BCUT2D eigenvalue weighted by Crippen LogP contribution is 2.32. The first kappa shape index (κ1) is 18.6. The zero-order valence-corrected chi connectivity index (χ0v) is 14.0. The fraction of sp³-hybridized carbons (Fsp3) is 0.500. The normalized spacial score (nSPS) is 19.2. The van der Waals surface area contributed by atoms with Gasteiger partial charge in [-0.05, 0) is 30.9 Å². The quantitative estimate of drug-likeness (QED) is 0.347. The monoisotopic (exact) mass is 348 g/mol. The molecular formula is C18H20O7. The summed E-state index contributed by atoms with van der Waals surface area (Å²) < 4.78 is 19.8. The zero-order chi connectivity index (χ0) is 18.1. The minimum absolute atomic E-state index is 0.0364. The summed E-state index contributed by atoms with van der Waals surface area (Å²) in [6.45, 7) is -0.187. The van der Waals surface area contributed by atoms with Crippen molar-refractivity contribution in [2.24, 2.45) is 11.8 Å². The van der Waals surface area contributed by atoms with Gasteiger partial charge in [0, 0.05) is 5.92 Å². The number of furan rings is 1. The number of ether oxygens (including phenoxy) is 3. The van der Waals surface area contributed by atoms with Gasteiger partial charge in [0.25, 0.3) is 0 Å². The lowest BCUT2D eigenvalue weighted by Crippen LogP contribution is -2.35. The molecule has 7 nitrogen and oxygen atoms in total. The molecule has 1 aliphatic carbocycles. The molecule has 0 aromatic carbocycles. The number of carbonyl (C=O) groups is 3. The van der Waals surface area contributed by atoms with Crippen LogP contribution in [0, 0.1) is 23.7 Å². The van der Waals surface area contributed by atoms with E-state index in [9.17, 15) is 14.4 Å². The second-order valence-electron chi connectivity index (χ2n) is 5.59. The molecule has 1 heterocycles. The Morgan fingerprint density at radius 2 is 1.84 bits per heavy atom. The molecule has 0 N–H and O–H groups in total. The van der Waals surface area contributed by atoms with E-state index in [2.05, 4.69) is 16.6 Å². The predicted molar refractivity (Wildman–Crippen MR) is 84.7 cm³/mol. The van der Waals surface area contributed by atoms with Crippen LogP contribution in [-0.4, -0.2) is 31.6 Å². The van der Waals surface area contributed by atoms with Gasteiger partial charge in [-0.2, -0.15) is 0 Å². The lowest BCUT2D eigenvalue weighted by Gasteiger charge is -2.27. The van der Waals surface area contributed by atoms with E-state index in [0.29, 0.717) is 18.6 Å². The van der Waals surface area contributed by atoms with E-state index < -0.39 is 29.7 Å². The predicted octanol–water partition coefficient (Wildman–Crippen LogP) is 1.85. The molecule has 0 amide bonds. The number of hydrogen-bond donors (Lipinski definition) is 0. The smallest absolute Gasteiger partial charge is 0.384 e. The van der Waals surface area contributed by atoms with E-state index >= 15 is 0 Å². The maximum absolute atomic E-state index is 12.3. The molecule has 0 saturated heterocycles. The van der Waals surface area contributed by atoms with Gasteiger partial charge in [-0.1, -0.05) is 12.8 Å². The van der Waals surface area contributed by atoms with E-state index in [0.717, 1.165) is 12.8 Å². The van der Waals surface area contributed by atoms with Gasteiger partial charge in [-0.3, -0.25) is 9.59 Å². The van der Waals surface area contributed by atoms with Gasteiger partial charge >= 0.3 is 17.9 Å². The molecule has 0 bridgehead atoms. The zero-order valence-electron chi connectivity index (χ0n) is 14.0. The summed E-state index contributed by atoms with van der Waals surface area (Å²) in [5.41, 5.74) is 0. The average molecular weight is 348 g/mol. The maximum Gasteiger partial charge on any atom is 0.384 e. The second kappa shape index (κ2) is 9.52. The lowest BCUT2D eigenvalue weighted by atomic mass is 9.79. The number of carbonyl (C=O) groups excluding carboxylic acids is 3. The minimum Gasteiger partial charge on any atom is -0.466 e. The molecule has 1 saturated carbocycles. The van der Waals surface area contributed by atoms with Crippen LogP contribution >= 0.6 is 0 Å². The minimum atomic E-state index is -0.701. The van der Waals surface area contributed by atoms with E-state index in [-0.39, 0.29) is 13.2 Å². The Labute approximate surface area is 145 Å². The van der Waals surface area contributed by atoms with Crippen LogP contribution in [0.4, 0.5) is 0 Å². The summed E-state index contributed by atoms with van der Waals surface area (Å²) in [6, 6.07) is 3.42. The molecule has 2 rings (SSSR count). The first-order chi connectivity index (χ1) is 12.1. The van der Waals surface area contributed by atoms with Gasteiger partial charge in [0.15, 0.2) is 6.61 Å². The summed E-state index contributed by atoms with van der Waals surface area (Å²) >= 11 is 0. The van der Waals surface area contributed by atoms with Gasteiger partial charge in [0.2, 0.25) is 0 Å². The molecule has 1 aliphatic rings. The van der Waals surface area contributed by atoms with Crippen molar-refractivity contribution in [2.45, 2.75) is 32.3 Å². The third-order valence-electron chi connectivity index (χ3n) is 3.97. The largest absolute Gasteiger partial charge is 0.466 e. The van der Waals surface area contributed by atoms with E-state index in [1.807, 2.05) is 0 Å². The molecule has 7 heteroatoms. The third kappa shape index (κ3) is 5.68. The Bertz CT molecular complexity index is 651. The Morgan fingerprint density at radius 3 is 2.44 bits per heavy atom. The Hall–Kier alpha value is -2.75. The van der Waals surface area contributed by atoms with Crippen molar-refractivity contribution < 1.29 is 33.0 Å². The summed E-state index contributed by atoms with van der Waals surface area (Å²) in [6.07, 6.45) is 4.33. The number of rotatable bonds is 5. The molecule has 0 aliphatic heterocycles. The van der Waals surface area contributed by atoms with Crippen LogP contribution < -0.4 is 0 Å². The lowest BCUT2D eigenvalue weighted by molar-refractivity contribution is -0.163. The SMILES string of the molecule is COC(=O)C#CCOC(=O)[C@@H]1CCCC[C@@H]1C(=O)OCc1ccco1. The molecule has 134 valence electrons. The summed E-state index contributed by atoms with van der Waals surface area (Å²) in [4.78, 5) is 35.4. The average Bonchev–Trinajstić information content (AvgIpc) is 3.16. The molecule has 0 radical (unpaired) electrons. The molecule has 25 heavy (non-hydrogen) atoms. The fourth-order valence-corrected chi connectivity index (χ4v) is 2.71. The highest BCUT2D eigenvalue weighted by atomic mass is 16.5. The van der Waals surface area contributed by atoms with Crippen molar-refractivity contribution in [1.82, 2.24) is 0 Å². The molecule has 1 aromatic heterocycles. The topological polar surface area (TPSA) is 92.0 Å². The third-order valence-corrected chi connectivity index (χ3v) is 3.97. The van der Waals surface area contributed by atoms with E-state index in [1.54, 1.807) is 12.1 Å². The summed E-state index contributed by atoms with van der Waals surface area (Å²) in [5, 5.41) is 0. The Morgan fingerprint density at radius 1 is 1.16 bits per heavy atom. The van der Waals surface area contributed by atoms with Crippen LogP contribution in [0.25, 0.3) is 0 Å². The molecular weight excluding hydrogens is 328 g/mol. The Kier molecular flexibility index (Phi) is 7.08. The molecule has 0 spiro atoms. The number of methoxy groups -OCH3 is 1. The summed E-state index contributed by atoms with van der Waals surface area (Å²) in [5.74, 6) is 2.38. The van der Waals surface area contributed by atoms with Crippen LogP contribution in [0.3, 0.4) is 0 Å². The summed E-state index contributed by atoms with van der Waals surface area (Å²) in [7, 11) is 1.21. The molecule has 2 atom stereocenters. The first-order valence-electron chi connectivity index (χ1n) is 8.04. The van der Waals surface area contributed by atoms with E-state index in [4.69, 9.17) is 13.9 Å². The van der Waals surface area contributed by atoms with Gasteiger partial charge in [-0.25, -0.2) is 4.79 Å². The molecule has 1 fully saturated rings. The maximum atomic E-state index is 12.3. The van der Waals surface area contributed by atoms with Gasteiger partial charge in [0.1, 0.15) is 12.4 Å².